The molecule has 3 heterocycles. The largest absolute Gasteiger partial charge is 0.352 e. The van der Waals surface area contributed by atoms with Gasteiger partial charge in [-0.1, -0.05) is 12.1 Å². The maximum Gasteiger partial charge on any atom is 0.251 e. The molecule has 5 nitrogen and oxygen atoms in total. The van der Waals surface area contributed by atoms with Gasteiger partial charge in [0.25, 0.3) is 5.91 Å². The summed E-state index contributed by atoms with van der Waals surface area (Å²) in [6.45, 7) is 3.61. The maximum absolute atomic E-state index is 12.8. The van der Waals surface area contributed by atoms with Gasteiger partial charge in [0.15, 0.2) is 0 Å². The molecule has 0 aliphatic carbocycles. The molecular weight excluding hydrogens is 402 g/mol. The zero-order valence-electron chi connectivity index (χ0n) is 16.2. The second kappa shape index (κ2) is 8.90. The van der Waals surface area contributed by atoms with Crippen molar-refractivity contribution in [3.05, 3.63) is 74.1 Å². The van der Waals surface area contributed by atoms with Crippen LogP contribution in [-0.2, 0) is 11.2 Å². The van der Waals surface area contributed by atoms with E-state index in [0.29, 0.717) is 24.3 Å². The van der Waals surface area contributed by atoms with Crippen molar-refractivity contribution in [1.29, 1.82) is 0 Å². The summed E-state index contributed by atoms with van der Waals surface area (Å²) in [5, 5.41) is 9.96. The van der Waals surface area contributed by atoms with Crippen LogP contribution in [0.5, 0.6) is 0 Å². The van der Waals surface area contributed by atoms with Crippen molar-refractivity contribution in [1.82, 2.24) is 10.2 Å². The second-order valence-corrected chi connectivity index (χ2v) is 8.91. The van der Waals surface area contributed by atoms with Crippen LogP contribution in [-0.4, -0.2) is 36.3 Å². The van der Waals surface area contributed by atoms with Crippen molar-refractivity contribution >= 4 is 40.2 Å². The lowest BCUT2D eigenvalue weighted by Gasteiger charge is -2.34. The summed E-state index contributed by atoms with van der Waals surface area (Å²) >= 11 is 3.53. The molecule has 2 amide bonds. The fraction of sp³-hybridized carbons (Fsp3) is 0.273. The monoisotopic (exact) mass is 425 g/mol. The molecule has 0 saturated heterocycles. The second-order valence-electron chi connectivity index (χ2n) is 6.93. The van der Waals surface area contributed by atoms with E-state index in [9.17, 15) is 9.59 Å². The third-order valence-electron chi connectivity index (χ3n) is 4.97. The number of nitrogens with zero attached hydrogens (tertiary/aromatic N) is 1. The lowest BCUT2D eigenvalue weighted by molar-refractivity contribution is -0.117. The van der Waals surface area contributed by atoms with Gasteiger partial charge < -0.3 is 10.6 Å². The highest BCUT2D eigenvalue weighted by atomic mass is 32.1. The number of hydrogen-bond acceptors (Lipinski definition) is 5. The van der Waals surface area contributed by atoms with Crippen molar-refractivity contribution in [3.8, 4) is 0 Å². The molecule has 1 aromatic carbocycles. The molecule has 1 aliphatic heterocycles. The van der Waals surface area contributed by atoms with Gasteiger partial charge >= 0.3 is 0 Å². The summed E-state index contributed by atoms with van der Waals surface area (Å²) in [5.41, 5.74) is 2.50. The molecule has 0 radical (unpaired) electrons. The number of nitrogens with one attached hydrogen (secondary N) is 2. The number of amides is 2. The lowest BCUT2D eigenvalue weighted by atomic mass is 9.98. The fourth-order valence-electron chi connectivity index (χ4n) is 3.70. The number of rotatable bonds is 6. The number of thiophene rings is 2. The minimum atomic E-state index is -0.137. The van der Waals surface area contributed by atoms with Gasteiger partial charge in [-0.25, -0.2) is 0 Å². The van der Waals surface area contributed by atoms with E-state index in [1.54, 1.807) is 40.9 Å². The van der Waals surface area contributed by atoms with E-state index in [2.05, 4.69) is 44.5 Å². The standard InChI is InChI=1S/C22H23N3O2S2/c1-2-23-22(27)15-5-3-6-16(13-15)24-20(26)14-25-10-8-18-17(9-12-29-18)21(25)19-7-4-11-28-19/h3-7,9,11-13,21H,2,8,10,14H2,1H3,(H,23,27)(H,24,26)/t21-/m1/s1. The molecule has 0 fully saturated rings. The van der Waals surface area contributed by atoms with Crippen LogP contribution in [0.2, 0.25) is 0 Å². The van der Waals surface area contributed by atoms with Crippen LogP contribution in [0.25, 0.3) is 0 Å². The number of hydrogen-bond donors (Lipinski definition) is 2. The van der Waals surface area contributed by atoms with Crippen molar-refractivity contribution in [2.45, 2.75) is 19.4 Å². The summed E-state index contributed by atoms with van der Waals surface area (Å²) in [5.74, 6) is -0.208. The predicted octanol–water partition coefficient (Wildman–Crippen LogP) is 4.15. The first kappa shape index (κ1) is 19.8. The van der Waals surface area contributed by atoms with Crippen LogP contribution >= 0.6 is 22.7 Å². The van der Waals surface area contributed by atoms with Crippen LogP contribution in [0.15, 0.2) is 53.2 Å². The molecule has 1 aliphatic rings. The molecule has 0 unspecified atom stereocenters. The Morgan fingerprint density at radius 1 is 1.14 bits per heavy atom. The van der Waals surface area contributed by atoms with E-state index in [1.165, 1.54) is 15.3 Å². The van der Waals surface area contributed by atoms with Gasteiger partial charge in [-0.3, -0.25) is 14.5 Å². The van der Waals surface area contributed by atoms with Gasteiger partial charge in [0, 0.05) is 34.1 Å². The number of carbonyl (C=O) groups excluding carboxylic acids is 2. The van der Waals surface area contributed by atoms with Crippen LogP contribution in [0.3, 0.4) is 0 Å². The van der Waals surface area contributed by atoms with Crippen molar-refractivity contribution in [2.75, 3.05) is 25.0 Å². The van der Waals surface area contributed by atoms with Gasteiger partial charge in [0.2, 0.25) is 5.91 Å². The van der Waals surface area contributed by atoms with E-state index >= 15 is 0 Å². The molecule has 0 bridgehead atoms. The highest BCUT2D eigenvalue weighted by Crippen LogP contribution is 2.39. The first-order chi connectivity index (χ1) is 14.2. The zero-order valence-corrected chi connectivity index (χ0v) is 17.8. The van der Waals surface area contributed by atoms with Crippen LogP contribution < -0.4 is 10.6 Å². The Bertz CT molecular complexity index is 997. The number of benzene rings is 1. The third-order valence-corrected chi connectivity index (χ3v) is 6.89. The molecule has 3 aromatic rings. The normalized spacial score (nSPS) is 16.2. The maximum atomic E-state index is 12.8. The Balaban J connectivity index is 1.48. The number of anilines is 1. The predicted molar refractivity (Wildman–Crippen MR) is 119 cm³/mol. The Morgan fingerprint density at radius 2 is 2.03 bits per heavy atom. The molecular formula is C22H23N3O2S2. The van der Waals surface area contributed by atoms with E-state index < -0.39 is 0 Å². The Labute approximate surface area is 178 Å². The first-order valence-corrected chi connectivity index (χ1v) is 11.4. The Kier molecular flexibility index (Phi) is 6.08. The van der Waals surface area contributed by atoms with Crippen LogP contribution in [0.4, 0.5) is 5.69 Å². The van der Waals surface area contributed by atoms with Crippen molar-refractivity contribution in [2.24, 2.45) is 0 Å². The van der Waals surface area contributed by atoms with Crippen LogP contribution in [0, 0.1) is 0 Å². The minimum Gasteiger partial charge on any atom is -0.352 e. The summed E-state index contributed by atoms with van der Waals surface area (Å²) in [4.78, 5) is 29.8. The highest BCUT2D eigenvalue weighted by Gasteiger charge is 2.31. The quantitative estimate of drug-likeness (QED) is 0.624. The molecule has 1 atom stereocenters. The fourth-order valence-corrected chi connectivity index (χ4v) is 5.48. The lowest BCUT2D eigenvalue weighted by Crippen LogP contribution is -2.40. The molecule has 0 spiro atoms. The Hall–Kier alpha value is -2.48. The van der Waals surface area contributed by atoms with E-state index in [1.807, 2.05) is 13.0 Å². The average Bonchev–Trinajstić information content (AvgIpc) is 3.40. The van der Waals surface area contributed by atoms with Gasteiger partial charge in [-0.2, -0.15) is 0 Å². The number of fused-ring (bicyclic) bond motifs is 1. The number of carbonyl (C=O) groups is 2. The van der Waals surface area contributed by atoms with Crippen molar-refractivity contribution < 1.29 is 9.59 Å². The summed E-state index contributed by atoms with van der Waals surface area (Å²) in [6, 6.07) is 13.6. The molecule has 29 heavy (non-hydrogen) atoms. The van der Waals surface area contributed by atoms with E-state index in [-0.39, 0.29) is 17.9 Å². The van der Waals surface area contributed by atoms with Crippen LogP contribution in [0.1, 0.15) is 38.6 Å². The van der Waals surface area contributed by atoms with Gasteiger partial charge in [0.05, 0.1) is 12.6 Å². The average molecular weight is 426 g/mol. The SMILES string of the molecule is CCNC(=O)c1cccc(NC(=O)CN2CCc3sccc3[C@@H]2c2cccs2)c1. The van der Waals surface area contributed by atoms with E-state index in [4.69, 9.17) is 0 Å². The topological polar surface area (TPSA) is 61.4 Å². The van der Waals surface area contributed by atoms with Crippen molar-refractivity contribution in [3.63, 3.8) is 0 Å². The molecule has 150 valence electrons. The van der Waals surface area contributed by atoms with E-state index in [0.717, 1.165) is 13.0 Å². The minimum absolute atomic E-state index is 0.0710. The summed E-state index contributed by atoms with van der Waals surface area (Å²) < 4.78 is 0. The third kappa shape index (κ3) is 4.42. The first-order valence-electron chi connectivity index (χ1n) is 9.67. The molecule has 4 rings (SSSR count). The highest BCUT2D eigenvalue weighted by molar-refractivity contribution is 7.10. The zero-order chi connectivity index (χ0) is 20.2. The van der Waals surface area contributed by atoms with Gasteiger partial charge in [-0.05, 0) is 60.0 Å². The molecule has 0 saturated carbocycles. The van der Waals surface area contributed by atoms with Gasteiger partial charge in [0.1, 0.15) is 0 Å². The van der Waals surface area contributed by atoms with Gasteiger partial charge in [-0.15, -0.1) is 22.7 Å². The molecule has 2 N–H and O–H groups in total. The summed E-state index contributed by atoms with van der Waals surface area (Å²) in [6.07, 6.45) is 0.967. The smallest absolute Gasteiger partial charge is 0.251 e. The molecule has 7 heteroatoms. The Morgan fingerprint density at radius 3 is 2.83 bits per heavy atom. The molecule has 2 aromatic heterocycles. The summed E-state index contributed by atoms with van der Waals surface area (Å²) in [7, 11) is 0.